The third kappa shape index (κ3) is 4.09. The van der Waals surface area contributed by atoms with Gasteiger partial charge in [0, 0.05) is 59.2 Å². The van der Waals surface area contributed by atoms with Crippen LogP contribution >= 0.6 is 11.3 Å². The van der Waals surface area contributed by atoms with Gasteiger partial charge in [0.15, 0.2) is 5.76 Å². The van der Waals surface area contributed by atoms with Gasteiger partial charge in [0.25, 0.3) is 0 Å². The van der Waals surface area contributed by atoms with E-state index in [1.165, 1.54) is 42.1 Å². The number of benzene rings is 7. The molecule has 0 atom stereocenters. The number of fused-ring (bicyclic) bond motifs is 6. The molecular weight excluding hydrogens is 593 g/mol. The summed E-state index contributed by atoms with van der Waals surface area (Å²) in [6.07, 6.45) is 0. The lowest BCUT2D eigenvalue weighted by molar-refractivity contribution is 0.590. The van der Waals surface area contributed by atoms with Crippen molar-refractivity contribution in [2.24, 2.45) is 0 Å². The van der Waals surface area contributed by atoms with Crippen molar-refractivity contribution >= 4 is 59.3 Å². The maximum Gasteiger partial charge on any atom is 0.227 e. The molecule has 3 nitrogen and oxygen atoms in total. The second kappa shape index (κ2) is 10.3. The zero-order valence-electron chi connectivity index (χ0n) is 25.2. The first-order valence-electron chi connectivity index (χ1n) is 15.8. The van der Waals surface area contributed by atoms with Gasteiger partial charge in [-0.15, -0.1) is 11.3 Å². The Hall–Kier alpha value is -5.97. The highest BCUT2D eigenvalue weighted by Gasteiger charge is 2.28. The Morgan fingerprint density at radius 1 is 0.511 bits per heavy atom. The normalized spacial score (nSPS) is 11.8. The van der Waals surface area contributed by atoms with E-state index < -0.39 is 0 Å². The van der Waals surface area contributed by atoms with E-state index in [-0.39, 0.29) is 0 Å². The van der Waals surface area contributed by atoms with E-state index in [0.717, 1.165) is 45.2 Å². The molecule has 0 unspecified atom stereocenters. The summed E-state index contributed by atoms with van der Waals surface area (Å²) in [7, 11) is 0. The first-order chi connectivity index (χ1) is 23.3. The molecule has 0 N–H and O–H groups in total. The Labute approximate surface area is 275 Å². The molecule has 0 saturated heterocycles. The van der Waals surface area contributed by atoms with Crippen LogP contribution < -0.4 is 4.90 Å². The molecule has 0 bridgehead atoms. The standard InChI is InChI=1S/C43H26N2OS/c1-2-10-27(11-3-1)32-14-4-6-18-37(32)45(31-24-25-39-36(26-31)33-15-5-7-19-38(33)47-39)30-22-20-29(21-23-30)43-44-41-34-16-8-12-28-13-9-17-35(40(28)34)42(41)46-43/h1-26H. The van der Waals surface area contributed by atoms with Crippen molar-refractivity contribution in [1.29, 1.82) is 0 Å². The van der Waals surface area contributed by atoms with Gasteiger partial charge in [-0.05, 0) is 65.5 Å². The van der Waals surface area contributed by atoms with Gasteiger partial charge in [-0.2, -0.15) is 0 Å². The molecule has 47 heavy (non-hydrogen) atoms. The molecule has 0 saturated carbocycles. The van der Waals surface area contributed by atoms with Gasteiger partial charge in [-0.25, -0.2) is 4.98 Å². The van der Waals surface area contributed by atoms with Crippen molar-refractivity contribution in [3.05, 3.63) is 158 Å². The Morgan fingerprint density at radius 3 is 2.09 bits per heavy atom. The second-order valence-electron chi connectivity index (χ2n) is 12.0. The molecule has 1 aliphatic carbocycles. The number of hydrogen-bond acceptors (Lipinski definition) is 4. The highest BCUT2D eigenvalue weighted by Crippen LogP contribution is 2.49. The predicted octanol–water partition coefficient (Wildman–Crippen LogP) is 12.6. The van der Waals surface area contributed by atoms with Crippen LogP contribution in [0.5, 0.6) is 0 Å². The van der Waals surface area contributed by atoms with Crippen LogP contribution in [-0.4, -0.2) is 4.98 Å². The average Bonchev–Trinajstić information content (AvgIpc) is 3.82. The minimum absolute atomic E-state index is 0.635. The third-order valence-corrected chi connectivity index (χ3v) is 10.4. The van der Waals surface area contributed by atoms with Crippen LogP contribution in [-0.2, 0) is 0 Å². The molecule has 0 aliphatic heterocycles. The first kappa shape index (κ1) is 26.3. The van der Waals surface area contributed by atoms with Crippen molar-refractivity contribution in [3.8, 4) is 45.2 Å². The first-order valence-corrected chi connectivity index (χ1v) is 16.6. The van der Waals surface area contributed by atoms with Gasteiger partial charge in [0.2, 0.25) is 5.89 Å². The number of anilines is 3. The number of nitrogens with zero attached hydrogens (tertiary/aromatic N) is 2. The Balaban J connectivity index is 1.11. The van der Waals surface area contributed by atoms with E-state index in [4.69, 9.17) is 9.40 Å². The molecular formula is C43H26N2OS. The largest absolute Gasteiger partial charge is 0.435 e. The molecule has 0 amide bonds. The van der Waals surface area contributed by atoms with Crippen molar-refractivity contribution < 1.29 is 4.42 Å². The van der Waals surface area contributed by atoms with E-state index in [1.807, 2.05) is 11.3 Å². The number of hydrogen-bond donors (Lipinski definition) is 0. The maximum absolute atomic E-state index is 6.49. The van der Waals surface area contributed by atoms with E-state index in [2.05, 4.69) is 163 Å². The quantitative estimate of drug-likeness (QED) is 0.192. The highest BCUT2D eigenvalue weighted by molar-refractivity contribution is 7.25. The van der Waals surface area contributed by atoms with E-state index in [1.54, 1.807) is 0 Å². The highest BCUT2D eigenvalue weighted by atomic mass is 32.1. The minimum Gasteiger partial charge on any atom is -0.435 e. The molecule has 0 spiro atoms. The Bertz CT molecular complexity index is 2580. The molecule has 1 aliphatic rings. The fourth-order valence-electron chi connectivity index (χ4n) is 7.10. The predicted molar refractivity (Wildman–Crippen MR) is 197 cm³/mol. The molecule has 9 aromatic rings. The molecule has 7 aromatic carbocycles. The van der Waals surface area contributed by atoms with Crippen molar-refractivity contribution in [1.82, 2.24) is 4.98 Å². The van der Waals surface area contributed by atoms with Gasteiger partial charge < -0.3 is 9.32 Å². The van der Waals surface area contributed by atoms with Crippen LogP contribution in [0.1, 0.15) is 0 Å². The van der Waals surface area contributed by atoms with Gasteiger partial charge in [-0.3, -0.25) is 0 Å². The van der Waals surface area contributed by atoms with Crippen LogP contribution in [0.2, 0.25) is 0 Å². The minimum atomic E-state index is 0.635. The molecule has 4 heteroatoms. The van der Waals surface area contributed by atoms with Gasteiger partial charge in [0.1, 0.15) is 5.69 Å². The van der Waals surface area contributed by atoms with Crippen molar-refractivity contribution in [2.75, 3.05) is 4.90 Å². The van der Waals surface area contributed by atoms with Crippen LogP contribution in [0.25, 0.3) is 76.1 Å². The van der Waals surface area contributed by atoms with E-state index in [0.29, 0.717) is 5.89 Å². The van der Waals surface area contributed by atoms with Crippen LogP contribution in [0, 0.1) is 0 Å². The average molecular weight is 619 g/mol. The number of rotatable bonds is 5. The summed E-state index contributed by atoms with van der Waals surface area (Å²) >= 11 is 1.84. The second-order valence-corrected chi connectivity index (χ2v) is 13.0. The fourth-order valence-corrected chi connectivity index (χ4v) is 8.19. The molecule has 0 fully saturated rings. The lowest BCUT2D eigenvalue weighted by atomic mass is 10.0. The molecule has 10 rings (SSSR count). The van der Waals surface area contributed by atoms with Crippen LogP contribution in [0.3, 0.4) is 0 Å². The number of thiophene rings is 1. The van der Waals surface area contributed by atoms with Gasteiger partial charge >= 0.3 is 0 Å². The fraction of sp³-hybridized carbons (Fsp3) is 0. The lowest BCUT2D eigenvalue weighted by Gasteiger charge is -2.28. The van der Waals surface area contributed by atoms with E-state index >= 15 is 0 Å². The summed E-state index contributed by atoms with van der Waals surface area (Å²) in [4.78, 5) is 7.39. The zero-order valence-corrected chi connectivity index (χ0v) is 26.0. The summed E-state index contributed by atoms with van der Waals surface area (Å²) < 4.78 is 9.08. The van der Waals surface area contributed by atoms with E-state index in [9.17, 15) is 0 Å². The molecule has 2 aromatic heterocycles. The lowest BCUT2D eigenvalue weighted by Crippen LogP contribution is -2.11. The summed E-state index contributed by atoms with van der Waals surface area (Å²) in [6.45, 7) is 0. The van der Waals surface area contributed by atoms with Crippen LogP contribution in [0.4, 0.5) is 17.1 Å². The zero-order chi connectivity index (χ0) is 30.9. The monoisotopic (exact) mass is 618 g/mol. The number of oxazole rings is 1. The number of para-hydroxylation sites is 1. The third-order valence-electron chi connectivity index (χ3n) is 9.25. The number of aromatic nitrogens is 1. The summed E-state index contributed by atoms with van der Waals surface area (Å²) in [5, 5.41) is 4.99. The topological polar surface area (TPSA) is 29.3 Å². The summed E-state index contributed by atoms with van der Waals surface area (Å²) in [5.41, 5.74) is 9.75. The SMILES string of the molecule is c1ccc(-c2ccccc2N(c2ccc(-c3nc4c(o3)-c3cccc5cccc-4c35)cc2)c2ccc3sc4ccccc4c3c2)cc1. The van der Waals surface area contributed by atoms with Crippen molar-refractivity contribution in [2.45, 2.75) is 0 Å². The molecule has 2 heterocycles. The molecule has 0 radical (unpaired) electrons. The Morgan fingerprint density at radius 2 is 1.21 bits per heavy atom. The summed E-state index contributed by atoms with van der Waals surface area (Å²) in [5.74, 6) is 1.49. The smallest absolute Gasteiger partial charge is 0.227 e. The van der Waals surface area contributed by atoms with Gasteiger partial charge in [0.05, 0.1) is 5.69 Å². The van der Waals surface area contributed by atoms with Crippen LogP contribution in [0.15, 0.2) is 162 Å². The van der Waals surface area contributed by atoms with Gasteiger partial charge in [-0.1, -0.05) is 103 Å². The summed E-state index contributed by atoms with van der Waals surface area (Å²) in [6, 6.07) is 56.1. The molecule has 220 valence electrons. The van der Waals surface area contributed by atoms with Crippen molar-refractivity contribution in [3.63, 3.8) is 0 Å². The Kier molecular flexibility index (Phi) is 5.74. The maximum atomic E-state index is 6.49.